The van der Waals surface area contributed by atoms with Gasteiger partial charge in [-0.05, 0) is 57.2 Å². The second-order valence-corrected chi connectivity index (χ2v) is 9.34. The molecule has 1 aromatic carbocycles. The van der Waals surface area contributed by atoms with Crippen molar-refractivity contribution >= 4 is 5.69 Å². The molecule has 3 atom stereocenters. The van der Waals surface area contributed by atoms with Crippen molar-refractivity contribution in [2.45, 2.75) is 76.5 Å². The quantitative estimate of drug-likeness (QED) is 0.800. The SMILES string of the molecule is CC(C)C[C@H]1CN(C2CC3CCCC(C2)N3C)CCN1c1ccccc1. The van der Waals surface area contributed by atoms with Crippen LogP contribution in [0.5, 0.6) is 0 Å². The molecule has 2 bridgehead atoms. The zero-order valence-corrected chi connectivity index (χ0v) is 17.0. The summed E-state index contributed by atoms with van der Waals surface area (Å²) in [5, 5.41) is 0. The summed E-state index contributed by atoms with van der Waals surface area (Å²) in [4.78, 5) is 8.25. The van der Waals surface area contributed by atoms with Crippen molar-refractivity contribution in [2.24, 2.45) is 5.92 Å². The molecule has 0 aliphatic carbocycles. The van der Waals surface area contributed by atoms with E-state index in [2.05, 4.69) is 65.9 Å². The van der Waals surface area contributed by atoms with Gasteiger partial charge in [0.05, 0.1) is 0 Å². The normalized spacial score (nSPS) is 33.6. The number of nitrogens with zero attached hydrogens (tertiary/aromatic N) is 3. The zero-order valence-electron chi connectivity index (χ0n) is 17.0. The zero-order chi connectivity index (χ0) is 18.1. The average Bonchev–Trinajstić information content (AvgIpc) is 2.62. The van der Waals surface area contributed by atoms with E-state index in [4.69, 9.17) is 0 Å². The minimum Gasteiger partial charge on any atom is -0.366 e. The maximum atomic E-state index is 2.87. The molecule has 0 spiro atoms. The Morgan fingerprint density at radius 3 is 2.31 bits per heavy atom. The molecule has 3 aliphatic rings. The van der Waals surface area contributed by atoms with Gasteiger partial charge in [-0.25, -0.2) is 0 Å². The molecule has 144 valence electrons. The van der Waals surface area contributed by atoms with Crippen molar-refractivity contribution in [2.75, 3.05) is 31.6 Å². The predicted molar refractivity (Wildman–Crippen MR) is 111 cm³/mol. The number of para-hydroxylation sites is 1. The van der Waals surface area contributed by atoms with E-state index in [9.17, 15) is 0 Å². The van der Waals surface area contributed by atoms with E-state index in [1.54, 1.807) is 0 Å². The summed E-state index contributed by atoms with van der Waals surface area (Å²) in [6.45, 7) is 8.42. The first-order valence-electron chi connectivity index (χ1n) is 10.9. The van der Waals surface area contributed by atoms with E-state index in [-0.39, 0.29) is 0 Å². The van der Waals surface area contributed by atoms with E-state index < -0.39 is 0 Å². The van der Waals surface area contributed by atoms with Crippen molar-refractivity contribution in [1.29, 1.82) is 0 Å². The van der Waals surface area contributed by atoms with Crippen molar-refractivity contribution in [1.82, 2.24) is 9.80 Å². The molecular formula is C23H37N3. The number of hydrogen-bond donors (Lipinski definition) is 0. The van der Waals surface area contributed by atoms with Crippen LogP contribution in [0, 0.1) is 5.92 Å². The monoisotopic (exact) mass is 355 g/mol. The smallest absolute Gasteiger partial charge is 0.0420 e. The molecule has 3 heteroatoms. The Balaban J connectivity index is 1.46. The molecule has 0 radical (unpaired) electrons. The van der Waals surface area contributed by atoms with Crippen LogP contribution in [0.15, 0.2) is 30.3 Å². The molecule has 2 unspecified atom stereocenters. The summed E-state index contributed by atoms with van der Waals surface area (Å²) in [5.74, 6) is 0.753. The molecule has 0 saturated carbocycles. The van der Waals surface area contributed by atoms with Gasteiger partial charge in [0.2, 0.25) is 0 Å². The van der Waals surface area contributed by atoms with Crippen LogP contribution >= 0.6 is 0 Å². The molecule has 0 N–H and O–H groups in total. The Morgan fingerprint density at radius 2 is 1.65 bits per heavy atom. The highest BCUT2D eigenvalue weighted by Gasteiger charge is 2.40. The topological polar surface area (TPSA) is 9.72 Å². The summed E-state index contributed by atoms with van der Waals surface area (Å²) in [7, 11) is 2.37. The molecule has 1 aromatic rings. The number of anilines is 1. The molecule has 3 aliphatic heterocycles. The minimum absolute atomic E-state index is 0.658. The Kier molecular flexibility index (Phi) is 5.56. The average molecular weight is 356 g/mol. The minimum atomic E-state index is 0.658. The van der Waals surface area contributed by atoms with Gasteiger partial charge in [0.1, 0.15) is 0 Å². The lowest BCUT2D eigenvalue weighted by molar-refractivity contribution is 0.00257. The van der Waals surface area contributed by atoms with E-state index in [1.807, 2.05) is 0 Å². The summed E-state index contributed by atoms with van der Waals surface area (Å²) in [6.07, 6.45) is 8.38. The Hall–Kier alpha value is -1.06. The summed E-state index contributed by atoms with van der Waals surface area (Å²) < 4.78 is 0. The van der Waals surface area contributed by atoms with E-state index >= 15 is 0 Å². The van der Waals surface area contributed by atoms with Crippen LogP contribution in [-0.4, -0.2) is 60.6 Å². The second-order valence-electron chi connectivity index (χ2n) is 9.34. The number of piperidine rings is 2. The highest BCUT2D eigenvalue weighted by atomic mass is 15.3. The number of fused-ring (bicyclic) bond motifs is 2. The fourth-order valence-corrected chi connectivity index (χ4v) is 5.80. The molecular weight excluding hydrogens is 318 g/mol. The van der Waals surface area contributed by atoms with Gasteiger partial charge >= 0.3 is 0 Å². The summed E-state index contributed by atoms with van der Waals surface area (Å²) >= 11 is 0. The van der Waals surface area contributed by atoms with E-state index in [0.717, 1.165) is 24.0 Å². The van der Waals surface area contributed by atoms with E-state index in [1.165, 1.54) is 63.8 Å². The molecule has 26 heavy (non-hydrogen) atoms. The predicted octanol–water partition coefficient (Wildman–Crippen LogP) is 4.24. The van der Waals surface area contributed by atoms with Crippen LogP contribution in [0.3, 0.4) is 0 Å². The third kappa shape index (κ3) is 3.80. The molecule has 0 aromatic heterocycles. The third-order valence-electron chi connectivity index (χ3n) is 7.18. The van der Waals surface area contributed by atoms with Crippen LogP contribution in [-0.2, 0) is 0 Å². The van der Waals surface area contributed by atoms with Gasteiger partial charge in [-0.2, -0.15) is 0 Å². The summed E-state index contributed by atoms with van der Waals surface area (Å²) in [5.41, 5.74) is 1.41. The largest absolute Gasteiger partial charge is 0.366 e. The van der Waals surface area contributed by atoms with Crippen LogP contribution in [0.25, 0.3) is 0 Å². The van der Waals surface area contributed by atoms with Crippen molar-refractivity contribution in [3.05, 3.63) is 30.3 Å². The number of hydrogen-bond acceptors (Lipinski definition) is 3. The molecule has 0 amide bonds. The van der Waals surface area contributed by atoms with Gasteiger partial charge in [0.15, 0.2) is 0 Å². The Bertz CT molecular complexity index is 558. The molecule has 4 rings (SSSR count). The van der Waals surface area contributed by atoms with Gasteiger partial charge in [0, 0.05) is 49.5 Å². The lowest BCUT2D eigenvalue weighted by Gasteiger charge is -2.52. The first kappa shape index (κ1) is 18.3. The first-order valence-corrected chi connectivity index (χ1v) is 10.9. The third-order valence-corrected chi connectivity index (χ3v) is 7.18. The lowest BCUT2D eigenvalue weighted by Crippen LogP contribution is -2.61. The highest BCUT2D eigenvalue weighted by Crippen LogP contribution is 2.36. The van der Waals surface area contributed by atoms with Crippen molar-refractivity contribution < 1.29 is 0 Å². The number of piperazine rings is 1. The molecule has 3 heterocycles. The van der Waals surface area contributed by atoms with Crippen LogP contribution in [0.4, 0.5) is 5.69 Å². The summed E-state index contributed by atoms with van der Waals surface area (Å²) in [6, 6.07) is 14.2. The Morgan fingerprint density at radius 1 is 0.962 bits per heavy atom. The maximum absolute atomic E-state index is 2.87. The van der Waals surface area contributed by atoms with Gasteiger partial charge < -0.3 is 9.80 Å². The number of rotatable bonds is 4. The van der Waals surface area contributed by atoms with Crippen LogP contribution in [0.2, 0.25) is 0 Å². The standard InChI is InChI=1S/C23H37N3/c1-18(2)14-23-17-25(12-13-26(23)19-8-5-4-6-9-19)22-15-20-10-7-11-21(16-22)24(20)3/h4-6,8-9,18,20-23H,7,10-17H2,1-3H3/t20?,21?,22?,23-/m0/s1. The fourth-order valence-electron chi connectivity index (χ4n) is 5.80. The molecule has 3 saturated heterocycles. The highest BCUT2D eigenvalue weighted by molar-refractivity contribution is 5.47. The Labute approximate surface area is 160 Å². The maximum Gasteiger partial charge on any atom is 0.0420 e. The number of benzene rings is 1. The van der Waals surface area contributed by atoms with Crippen molar-refractivity contribution in [3.8, 4) is 0 Å². The molecule has 3 nitrogen and oxygen atoms in total. The van der Waals surface area contributed by atoms with Crippen LogP contribution in [0.1, 0.15) is 52.4 Å². The second kappa shape index (κ2) is 7.90. The van der Waals surface area contributed by atoms with Gasteiger partial charge in [0.25, 0.3) is 0 Å². The van der Waals surface area contributed by atoms with Gasteiger partial charge in [-0.3, -0.25) is 4.90 Å². The van der Waals surface area contributed by atoms with Crippen molar-refractivity contribution in [3.63, 3.8) is 0 Å². The fraction of sp³-hybridized carbons (Fsp3) is 0.739. The molecule has 3 fully saturated rings. The van der Waals surface area contributed by atoms with Crippen LogP contribution < -0.4 is 4.90 Å². The lowest BCUT2D eigenvalue weighted by atomic mass is 9.81. The van der Waals surface area contributed by atoms with Gasteiger partial charge in [-0.15, -0.1) is 0 Å². The first-order chi connectivity index (χ1) is 12.6. The van der Waals surface area contributed by atoms with E-state index in [0.29, 0.717) is 6.04 Å². The van der Waals surface area contributed by atoms with Gasteiger partial charge in [-0.1, -0.05) is 38.5 Å².